The smallest absolute Gasteiger partial charge is 0.0670 e. The van der Waals surface area contributed by atoms with Crippen LogP contribution in [0.5, 0.6) is 0 Å². The molecule has 1 N–H and O–H groups in total. The van der Waals surface area contributed by atoms with Crippen molar-refractivity contribution >= 4 is 34.1 Å². The third-order valence-corrected chi connectivity index (χ3v) is 5.14. The van der Waals surface area contributed by atoms with Crippen molar-refractivity contribution < 1.29 is 0 Å². The van der Waals surface area contributed by atoms with Gasteiger partial charge in [-0.05, 0) is 29.8 Å². The summed E-state index contributed by atoms with van der Waals surface area (Å²) in [5.74, 6) is 0. The van der Waals surface area contributed by atoms with Crippen LogP contribution in [0.4, 0.5) is 0 Å². The lowest BCUT2D eigenvalue weighted by atomic mass is 10.0. The molecule has 1 aliphatic rings. The molecule has 1 aromatic heterocycles. The van der Waals surface area contributed by atoms with Crippen LogP contribution in [0.25, 0.3) is 22.0 Å². The highest BCUT2D eigenvalue weighted by Crippen LogP contribution is 2.35. The summed E-state index contributed by atoms with van der Waals surface area (Å²) >= 11 is 12.5. The molecule has 0 aliphatic carbocycles. The average molecular weight is 331 g/mol. The highest BCUT2D eigenvalue weighted by molar-refractivity contribution is 6.43. The summed E-state index contributed by atoms with van der Waals surface area (Å²) in [7, 11) is 0. The SMILES string of the molecule is Clc1cccc(-c2ccc3c(c2)cc2n3CCNCC2)c1Cl. The van der Waals surface area contributed by atoms with Crippen LogP contribution >= 0.6 is 23.2 Å². The quantitative estimate of drug-likeness (QED) is 0.680. The minimum Gasteiger partial charge on any atom is -0.343 e. The van der Waals surface area contributed by atoms with Crippen molar-refractivity contribution in [2.45, 2.75) is 13.0 Å². The summed E-state index contributed by atoms with van der Waals surface area (Å²) in [5, 5.41) is 5.93. The number of halogens is 2. The number of fused-ring (bicyclic) bond motifs is 3. The highest BCUT2D eigenvalue weighted by Gasteiger charge is 2.13. The lowest BCUT2D eigenvalue weighted by Crippen LogP contribution is -2.17. The molecule has 0 saturated heterocycles. The first-order valence-electron chi connectivity index (χ1n) is 7.51. The fraction of sp³-hybridized carbons (Fsp3) is 0.222. The molecule has 112 valence electrons. The number of nitrogens with zero attached hydrogens (tertiary/aromatic N) is 1. The number of aromatic nitrogens is 1. The van der Waals surface area contributed by atoms with E-state index in [4.69, 9.17) is 23.2 Å². The minimum absolute atomic E-state index is 0.595. The largest absolute Gasteiger partial charge is 0.343 e. The van der Waals surface area contributed by atoms with Gasteiger partial charge in [-0.1, -0.05) is 41.4 Å². The first-order chi connectivity index (χ1) is 10.7. The molecule has 3 aromatic rings. The molecule has 0 bridgehead atoms. The third kappa shape index (κ3) is 2.32. The standard InChI is InChI=1S/C18H16Cl2N2/c19-16-3-1-2-15(18(16)20)12-4-5-17-13(10-12)11-14-6-7-21-8-9-22(14)17/h1-5,10-11,21H,6-9H2. The van der Waals surface area contributed by atoms with Gasteiger partial charge in [0.05, 0.1) is 10.0 Å². The molecule has 2 heterocycles. The molecule has 0 fully saturated rings. The molecule has 0 amide bonds. The van der Waals surface area contributed by atoms with E-state index in [0.29, 0.717) is 10.0 Å². The Labute approximate surface area is 139 Å². The van der Waals surface area contributed by atoms with Crippen molar-refractivity contribution in [2.75, 3.05) is 13.1 Å². The Hall–Kier alpha value is -1.48. The van der Waals surface area contributed by atoms with Crippen molar-refractivity contribution in [3.63, 3.8) is 0 Å². The predicted molar refractivity (Wildman–Crippen MR) is 94.0 cm³/mol. The van der Waals surface area contributed by atoms with Gasteiger partial charge in [0.15, 0.2) is 0 Å². The Morgan fingerprint density at radius 3 is 2.82 bits per heavy atom. The molecule has 0 spiro atoms. The normalized spacial score (nSPS) is 14.8. The van der Waals surface area contributed by atoms with E-state index in [1.165, 1.54) is 16.6 Å². The van der Waals surface area contributed by atoms with Crippen LogP contribution in [-0.2, 0) is 13.0 Å². The van der Waals surface area contributed by atoms with Gasteiger partial charge < -0.3 is 9.88 Å². The van der Waals surface area contributed by atoms with Crippen LogP contribution in [-0.4, -0.2) is 17.7 Å². The van der Waals surface area contributed by atoms with E-state index >= 15 is 0 Å². The van der Waals surface area contributed by atoms with Crippen LogP contribution in [0, 0.1) is 0 Å². The summed E-state index contributed by atoms with van der Waals surface area (Å²) in [5.41, 5.74) is 4.79. The van der Waals surface area contributed by atoms with E-state index in [9.17, 15) is 0 Å². The lowest BCUT2D eigenvalue weighted by Gasteiger charge is -2.08. The molecule has 0 unspecified atom stereocenters. The third-order valence-electron chi connectivity index (χ3n) is 4.32. The van der Waals surface area contributed by atoms with E-state index in [-0.39, 0.29) is 0 Å². The zero-order valence-electron chi connectivity index (χ0n) is 12.1. The molecule has 22 heavy (non-hydrogen) atoms. The summed E-state index contributed by atoms with van der Waals surface area (Å²) < 4.78 is 2.42. The fourth-order valence-electron chi connectivity index (χ4n) is 3.23. The molecule has 0 saturated carbocycles. The van der Waals surface area contributed by atoms with Crippen molar-refractivity contribution in [2.24, 2.45) is 0 Å². The number of nitrogens with one attached hydrogen (secondary N) is 1. The van der Waals surface area contributed by atoms with Crippen LogP contribution in [0.1, 0.15) is 5.69 Å². The fourth-order valence-corrected chi connectivity index (χ4v) is 3.64. The maximum Gasteiger partial charge on any atom is 0.0670 e. The second-order valence-corrected chi connectivity index (χ2v) is 6.45. The summed E-state index contributed by atoms with van der Waals surface area (Å²) in [6.07, 6.45) is 1.07. The number of benzene rings is 2. The van der Waals surface area contributed by atoms with Gasteiger partial charge >= 0.3 is 0 Å². The summed E-state index contributed by atoms with van der Waals surface area (Å²) in [6.45, 7) is 3.10. The number of hydrogen-bond acceptors (Lipinski definition) is 1. The van der Waals surface area contributed by atoms with Gasteiger partial charge in [-0.3, -0.25) is 0 Å². The molecule has 2 nitrogen and oxygen atoms in total. The molecule has 1 aliphatic heterocycles. The van der Waals surface area contributed by atoms with Gasteiger partial charge in [-0.25, -0.2) is 0 Å². The van der Waals surface area contributed by atoms with E-state index in [1.807, 2.05) is 18.2 Å². The van der Waals surface area contributed by atoms with Crippen LogP contribution < -0.4 is 5.32 Å². The second-order valence-electron chi connectivity index (χ2n) is 5.66. The number of rotatable bonds is 1. The minimum atomic E-state index is 0.595. The van der Waals surface area contributed by atoms with Crippen LogP contribution in [0.3, 0.4) is 0 Å². The maximum atomic E-state index is 6.36. The molecule has 2 aromatic carbocycles. The van der Waals surface area contributed by atoms with Crippen molar-refractivity contribution in [3.05, 3.63) is 58.2 Å². The Kier molecular flexibility index (Phi) is 3.61. The number of hydrogen-bond donors (Lipinski definition) is 1. The zero-order valence-corrected chi connectivity index (χ0v) is 13.6. The van der Waals surface area contributed by atoms with Gasteiger partial charge in [-0.2, -0.15) is 0 Å². The van der Waals surface area contributed by atoms with E-state index in [1.54, 1.807) is 0 Å². The first-order valence-corrected chi connectivity index (χ1v) is 8.27. The lowest BCUT2D eigenvalue weighted by molar-refractivity contribution is 0.658. The topological polar surface area (TPSA) is 17.0 Å². The maximum absolute atomic E-state index is 6.36. The van der Waals surface area contributed by atoms with Crippen molar-refractivity contribution in [1.29, 1.82) is 0 Å². The van der Waals surface area contributed by atoms with Gasteiger partial charge in [0, 0.05) is 48.2 Å². The van der Waals surface area contributed by atoms with Crippen LogP contribution in [0.2, 0.25) is 10.0 Å². The summed E-state index contributed by atoms with van der Waals surface area (Å²) in [4.78, 5) is 0. The summed E-state index contributed by atoms with van der Waals surface area (Å²) in [6, 6.07) is 14.6. The molecular weight excluding hydrogens is 315 g/mol. The van der Waals surface area contributed by atoms with Crippen LogP contribution in [0.15, 0.2) is 42.5 Å². The monoisotopic (exact) mass is 330 g/mol. The molecule has 0 radical (unpaired) electrons. The second kappa shape index (κ2) is 5.62. The van der Waals surface area contributed by atoms with Gasteiger partial charge in [0.25, 0.3) is 0 Å². The molecule has 4 heteroatoms. The van der Waals surface area contributed by atoms with E-state index in [2.05, 4.69) is 34.1 Å². The Morgan fingerprint density at radius 1 is 1.00 bits per heavy atom. The predicted octanol–water partition coefficient (Wildman–Crippen LogP) is 4.76. The van der Waals surface area contributed by atoms with Gasteiger partial charge in [0.1, 0.15) is 0 Å². The van der Waals surface area contributed by atoms with Crippen molar-refractivity contribution in [1.82, 2.24) is 9.88 Å². The van der Waals surface area contributed by atoms with E-state index < -0.39 is 0 Å². The highest BCUT2D eigenvalue weighted by atomic mass is 35.5. The Bertz CT molecular complexity index is 852. The first kappa shape index (κ1) is 14.1. The molecule has 0 atom stereocenters. The van der Waals surface area contributed by atoms with E-state index in [0.717, 1.165) is 37.2 Å². The molecular formula is C18H16Cl2N2. The average Bonchev–Trinajstić information content (AvgIpc) is 2.70. The van der Waals surface area contributed by atoms with Gasteiger partial charge in [0.2, 0.25) is 0 Å². The van der Waals surface area contributed by atoms with Crippen molar-refractivity contribution in [3.8, 4) is 11.1 Å². The zero-order chi connectivity index (χ0) is 15.1. The Balaban J connectivity index is 1.86. The molecule has 4 rings (SSSR count). The van der Waals surface area contributed by atoms with Gasteiger partial charge in [-0.15, -0.1) is 0 Å². The Morgan fingerprint density at radius 2 is 1.91 bits per heavy atom.